The van der Waals surface area contributed by atoms with E-state index in [0.29, 0.717) is 25.6 Å². The predicted molar refractivity (Wildman–Crippen MR) is 67.4 cm³/mol. The molecule has 2 aliphatic rings. The number of likely N-dealkylation sites (N-methyl/N-ethyl adjacent to an activating group) is 1. The molecule has 3 unspecified atom stereocenters. The summed E-state index contributed by atoms with van der Waals surface area (Å²) in [7, 11) is 1.68. The maximum absolute atomic E-state index is 13.7. The Morgan fingerprint density at radius 3 is 2.79 bits per heavy atom. The van der Waals surface area contributed by atoms with Crippen LogP contribution in [0.4, 0.5) is 4.39 Å². The SMILES string of the molecule is CC1CC(CN2C(=C(F)[N+](=O)[O-])N(C)CC2C)CO1. The maximum Gasteiger partial charge on any atom is 0.460 e. The van der Waals surface area contributed by atoms with Gasteiger partial charge in [0.1, 0.15) is 0 Å². The van der Waals surface area contributed by atoms with Crippen LogP contribution < -0.4 is 0 Å². The Morgan fingerprint density at radius 1 is 1.58 bits per heavy atom. The molecule has 3 atom stereocenters. The van der Waals surface area contributed by atoms with Crippen LogP contribution in [-0.4, -0.2) is 53.6 Å². The van der Waals surface area contributed by atoms with Gasteiger partial charge >= 0.3 is 5.95 Å². The smallest absolute Gasteiger partial charge is 0.378 e. The summed E-state index contributed by atoms with van der Waals surface area (Å²) in [6.07, 6.45) is 1.13. The molecule has 6 nitrogen and oxygen atoms in total. The van der Waals surface area contributed by atoms with Crippen molar-refractivity contribution in [3.8, 4) is 0 Å². The molecule has 2 fully saturated rings. The second-order valence-electron chi connectivity index (χ2n) is 5.50. The van der Waals surface area contributed by atoms with Gasteiger partial charge < -0.3 is 14.5 Å². The third-order valence-electron chi connectivity index (χ3n) is 3.79. The summed E-state index contributed by atoms with van der Waals surface area (Å²) >= 11 is 0. The van der Waals surface area contributed by atoms with E-state index < -0.39 is 10.9 Å². The first-order valence-corrected chi connectivity index (χ1v) is 6.53. The summed E-state index contributed by atoms with van der Waals surface area (Å²) in [6, 6.07) is 0.0709. The van der Waals surface area contributed by atoms with E-state index in [1.54, 1.807) is 16.8 Å². The first kappa shape index (κ1) is 14.0. The van der Waals surface area contributed by atoms with Crippen LogP contribution in [0.15, 0.2) is 11.8 Å². The van der Waals surface area contributed by atoms with Gasteiger partial charge in [-0.3, -0.25) is 10.1 Å². The number of hydrogen-bond acceptors (Lipinski definition) is 5. The van der Waals surface area contributed by atoms with Crippen molar-refractivity contribution >= 4 is 0 Å². The molecular weight excluding hydrogens is 253 g/mol. The van der Waals surface area contributed by atoms with Crippen LogP contribution in [0.1, 0.15) is 20.3 Å². The molecule has 2 saturated heterocycles. The summed E-state index contributed by atoms with van der Waals surface area (Å²) in [4.78, 5) is 13.1. The number of hydrogen-bond donors (Lipinski definition) is 0. The van der Waals surface area contributed by atoms with Crippen LogP contribution in [0.5, 0.6) is 0 Å². The topological polar surface area (TPSA) is 58.8 Å². The van der Waals surface area contributed by atoms with Crippen LogP contribution in [0.25, 0.3) is 0 Å². The standard InChI is InChI=1S/C12H20FN3O3/c1-8-5-14(3)12(11(13)16(17)18)15(8)6-10-4-9(2)19-7-10/h8-10H,4-7H2,1-3H3. The lowest BCUT2D eigenvalue weighted by Crippen LogP contribution is -2.33. The number of nitrogens with zero attached hydrogens (tertiary/aromatic N) is 3. The van der Waals surface area contributed by atoms with Gasteiger partial charge in [-0.15, -0.1) is 4.39 Å². The molecule has 0 radical (unpaired) electrons. The minimum Gasteiger partial charge on any atom is -0.378 e. The summed E-state index contributed by atoms with van der Waals surface area (Å²) in [6.45, 7) is 5.80. The largest absolute Gasteiger partial charge is 0.460 e. The van der Waals surface area contributed by atoms with Gasteiger partial charge in [0, 0.05) is 32.1 Å². The fourth-order valence-corrected chi connectivity index (χ4v) is 2.94. The lowest BCUT2D eigenvalue weighted by atomic mass is 10.1. The Hall–Kier alpha value is -1.37. The summed E-state index contributed by atoms with van der Waals surface area (Å²) in [5, 5.41) is 10.7. The zero-order valence-corrected chi connectivity index (χ0v) is 11.5. The molecule has 0 amide bonds. The number of halogens is 1. The highest BCUT2D eigenvalue weighted by Gasteiger charge is 2.38. The fraction of sp³-hybridized carbons (Fsp3) is 0.833. The molecule has 2 rings (SSSR count). The molecule has 0 aromatic rings. The summed E-state index contributed by atoms with van der Waals surface area (Å²) in [5.41, 5.74) is 0. The van der Waals surface area contributed by atoms with Gasteiger partial charge in [-0.2, -0.15) is 0 Å². The highest BCUT2D eigenvalue weighted by molar-refractivity contribution is 5.08. The molecular formula is C12H20FN3O3. The highest BCUT2D eigenvalue weighted by Crippen LogP contribution is 2.30. The number of ether oxygens (including phenoxy) is 1. The minimum absolute atomic E-state index is 0.0709. The van der Waals surface area contributed by atoms with Gasteiger partial charge in [-0.05, 0) is 20.3 Å². The van der Waals surface area contributed by atoms with Crippen LogP contribution in [0.2, 0.25) is 0 Å². The second-order valence-corrected chi connectivity index (χ2v) is 5.50. The van der Waals surface area contributed by atoms with E-state index in [1.807, 2.05) is 13.8 Å². The molecule has 0 aliphatic carbocycles. The molecule has 0 aromatic carbocycles. The zero-order chi connectivity index (χ0) is 14.2. The monoisotopic (exact) mass is 273 g/mol. The summed E-state index contributed by atoms with van der Waals surface area (Å²) in [5.74, 6) is -0.866. The first-order chi connectivity index (χ1) is 8.90. The molecule has 0 N–H and O–H groups in total. The van der Waals surface area contributed by atoms with Gasteiger partial charge in [0.25, 0.3) is 0 Å². The lowest BCUT2D eigenvalue weighted by Gasteiger charge is -2.25. The van der Waals surface area contributed by atoms with Crippen LogP contribution in [-0.2, 0) is 4.74 Å². The normalized spacial score (nSPS) is 34.0. The van der Waals surface area contributed by atoms with Gasteiger partial charge in [-0.25, -0.2) is 0 Å². The van der Waals surface area contributed by atoms with Gasteiger partial charge in [0.05, 0.1) is 17.6 Å². The van der Waals surface area contributed by atoms with E-state index in [9.17, 15) is 14.5 Å². The van der Waals surface area contributed by atoms with E-state index in [0.717, 1.165) is 6.42 Å². The molecule has 19 heavy (non-hydrogen) atoms. The van der Waals surface area contributed by atoms with Crippen molar-refractivity contribution < 1.29 is 14.1 Å². The molecule has 0 saturated carbocycles. The Labute approximate surface area is 112 Å². The minimum atomic E-state index is -1.26. The van der Waals surface area contributed by atoms with E-state index in [-0.39, 0.29) is 18.0 Å². The third-order valence-corrected chi connectivity index (χ3v) is 3.79. The lowest BCUT2D eigenvalue weighted by molar-refractivity contribution is -0.450. The quantitative estimate of drug-likeness (QED) is 0.442. The Kier molecular flexibility index (Phi) is 3.93. The van der Waals surface area contributed by atoms with Crippen molar-refractivity contribution in [1.29, 1.82) is 0 Å². The fourth-order valence-electron chi connectivity index (χ4n) is 2.94. The number of nitro groups is 1. The molecule has 0 aromatic heterocycles. The van der Waals surface area contributed by atoms with Crippen LogP contribution in [0, 0.1) is 16.0 Å². The zero-order valence-electron chi connectivity index (χ0n) is 11.5. The molecule has 7 heteroatoms. The van der Waals surface area contributed by atoms with Crippen LogP contribution in [0.3, 0.4) is 0 Å². The Bertz CT molecular complexity index is 402. The third kappa shape index (κ3) is 2.80. The molecule has 108 valence electrons. The Morgan fingerprint density at radius 2 is 2.26 bits per heavy atom. The van der Waals surface area contributed by atoms with Crippen molar-refractivity contribution in [1.82, 2.24) is 9.80 Å². The second kappa shape index (κ2) is 5.32. The number of rotatable bonds is 3. The first-order valence-electron chi connectivity index (χ1n) is 6.53. The van der Waals surface area contributed by atoms with E-state index in [1.165, 1.54) is 0 Å². The van der Waals surface area contributed by atoms with Gasteiger partial charge in [0.15, 0.2) is 0 Å². The van der Waals surface area contributed by atoms with Crippen molar-refractivity contribution in [3.63, 3.8) is 0 Å². The van der Waals surface area contributed by atoms with E-state index in [2.05, 4.69) is 0 Å². The summed E-state index contributed by atoms with van der Waals surface area (Å²) < 4.78 is 19.2. The van der Waals surface area contributed by atoms with Crippen molar-refractivity contribution in [2.45, 2.75) is 32.4 Å². The molecule has 0 bridgehead atoms. The van der Waals surface area contributed by atoms with Gasteiger partial charge in [0.2, 0.25) is 5.82 Å². The average molecular weight is 273 g/mol. The molecule has 0 spiro atoms. The van der Waals surface area contributed by atoms with E-state index >= 15 is 0 Å². The van der Waals surface area contributed by atoms with Gasteiger partial charge in [-0.1, -0.05) is 0 Å². The predicted octanol–water partition coefficient (Wildman–Crippen LogP) is 1.42. The maximum atomic E-state index is 13.7. The Balaban J connectivity index is 2.16. The van der Waals surface area contributed by atoms with Crippen molar-refractivity contribution in [2.24, 2.45) is 5.92 Å². The van der Waals surface area contributed by atoms with Crippen molar-refractivity contribution in [3.05, 3.63) is 21.9 Å². The molecule has 2 heterocycles. The van der Waals surface area contributed by atoms with Crippen LogP contribution >= 0.6 is 0 Å². The van der Waals surface area contributed by atoms with Crippen molar-refractivity contribution in [2.75, 3.05) is 26.7 Å². The average Bonchev–Trinajstić information content (AvgIpc) is 2.84. The highest BCUT2D eigenvalue weighted by atomic mass is 19.1. The molecule has 2 aliphatic heterocycles. The van der Waals surface area contributed by atoms with E-state index in [4.69, 9.17) is 4.74 Å².